The van der Waals surface area contributed by atoms with Gasteiger partial charge in [-0.3, -0.25) is 4.68 Å². The number of aromatic nitrogens is 2. The van der Waals surface area contributed by atoms with Crippen molar-refractivity contribution in [2.75, 3.05) is 5.73 Å². The van der Waals surface area contributed by atoms with Gasteiger partial charge in [0.1, 0.15) is 11.5 Å². The van der Waals surface area contributed by atoms with Crippen LogP contribution in [0.4, 0.5) is 5.82 Å². The summed E-state index contributed by atoms with van der Waals surface area (Å²) in [5.41, 5.74) is 7.88. The molecule has 0 aliphatic rings. The Morgan fingerprint density at radius 1 is 1.50 bits per heavy atom. The number of hydrogen-bond donors (Lipinski definition) is 1. The van der Waals surface area contributed by atoms with E-state index < -0.39 is 0 Å². The van der Waals surface area contributed by atoms with E-state index >= 15 is 0 Å². The van der Waals surface area contributed by atoms with E-state index in [1.54, 1.807) is 4.68 Å². The van der Waals surface area contributed by atoms with Gasteiger partial charge in [0.05, 0.1) is 0 Å². The highest BCUT2D eigenvalue weighted by atomic mass is 79.9. The first-order valence-electron chi connectivity index (χ1n) is 5.20. The molecule has 0 aliphatic carbocycles. The topological polar surface area (TPSA) is 57.0 Å². The van der Waals surface area contributed by atoms with Gasteiger partial charge in [-0.05, 0) is 34.5 Å². The molecule has 16 heavy (non-hydrogen) atoms. The van der Waals surface area contributed by atoms with E-state index in [2.05, 4.69) is 28.0 Å². The Labute approximate surface area is 103 Å². The first-order chi connectivity index (χ1) is 7.63. The maximum absolute atomic E-state index is 5.98. The molecule has 0 aliphatic heterocycles. The lowest BCUT2D eigenvalue weighted by atomic mass is 10.1. The molecule has 2 heterocycles. The Hall–Kier alpha value is -1.23. The number of rotatable bonds is 3. The van der Waals surface area contributed by atoms with Crippen LogP contribution in [0.15, 0.2) is 21.2 Å². The molecule has 2 aromatic heterocycles. The zero-order chi connectivity index (χ0) is 11.7. The molecule has 0 amide bonds. The number of hydrogen-bond acceptors (Lipinski definition) is 3. The van der Waals surface area contributed by atoms with Crippen LogP contribution < -0.4 is 5.73 Å². The molecule has 0 saturated heterocycles. The Bertz CT molecular complexity index is 501. The average molecular weight is 284 g/mol. The van der Waals surface area contributed by atoms with E-state index in [0.29, 0.717) is 10.5 Å². The molecule has 0 unspecified atom stereocenters. The monoisotopic (exact) mass is 283 g/mol. The second kappa shape index (κ2) is 4.33. The van der Waals surface area contributed by atoms with Crippen LogP contribution in [-0.4, -0.2) is 9.78 Å². The summed E-state index contributed by atoms with van der Waals surface area (Å²) >= 11 is 3.29. The van der Waals surface area contributed by atoms with Crippen molar-refractivity contribution in [3.05, 3.63) is 22.4 Å². The van der Waals surface area contributed by atoms with Gasteiger partial charge in [0.15, 0.2) is 10.4 Å². The van der Waals surface area contributed by atoms with E-state index in [4.69, 9.17) is 10.2 Å². The molecule has 0 saturated carbocycles. The lowest BCUT2D eigenvalue weighted by Crippen LogP contribution is -1.99. The maximum Gasteiger partial charge on any atom is 0.169 e. The van der Waals surface area contributed by atoms with Crippen molar-refractivity contribution in [3.63, 3.8) is 0 Å². The molecular weight excluding hydrogens is 270 g/mol. The van der Waals surface area contributed by atoms with E-state index in [-0.39, 0.29) is 0 Å². The quantitative estimate of drug-likeness (QED) is 0.942. The normalized spacial score (nSPS) is 10.9. The van der Waals surface area contributed by atoms with Crippen molar-refractivity contribution < 1.29 is 4.42 Å². The van der Waals surface area contributed by atoms with Crippen LogP contribution in [-0.2, 0) is 13.5 Å². The highest BCUT2D eigenvalue weighted by Gasteiger charge is 2.17. The largest absolute Gasteiger partial charge is 0.448 e. The molecule has 4 nitrogen and oxygen atoms in total. The van der Waals surface area contributed by atoms with Gasteiger partial charge in [0, 0.05) is 12.6 Å². The van der Waals surface area contributed by atoms with Crippen molar-refractivity contribution in [3.8, 4) is 11.5 Å². The van der Waals surface area contributed by atoms with Crippen LogP contribution in [0.5, 0.6) is 0 Å². The molecule has 0 radical (unpaired) electrons. The Morgan fingerprint density at radius 3 is 2.81 bits per heavy atom. The highest BCUT2D eigenvalue weighted by molar-refractivity contribution is 9.10. The third kappa shape index (κ3) is 1.87. The SMILES string of the molecule is CCCc1c(-c2ccc(Br)o2)nn(C)c1N. The summed E-state index contributed by atoms with van der Waals surface area (Å²) in [6.07, 6.45) is 1.94. The summed E-state index contributed by atoms with van der Waals surface area (Å²) in [6.45, 7) is 2.12. The first-order valence-corrected chi connectivity index (χ1v) is 5.99. The number of nitrogens with zero attached hydrogens (tertiary/aromatic N) is 2. The smallest absolute Gasteiger partial charge is 0.169 e. The van der Waals surface area contributed by atoms with E-state index in [0.717, 1.165) is 29.9 Å². The van der Waals surface area contributed by atoms with E-state index in [1.807, 2.05) is 19.2 Å². The second-order valence-electron chi connectivity index (χ2n) is 3.69. The average Bonchev–Trinajstić information content (AvgIpc) is 2.78. The highest BCUT2D eigenvalue weighted by Crippen LogP contribution is 2.30. The Kier molecular flexibility index (Phi) is 3.05. The fourth-order valence-electron chi connectivity index (χ4n) is 1.72. The minimum atomic E-state index is 0.703. The summed E-state index contributed by atoms with van der Waals surface area (Å²) in [5, 5.41) is 4.39. The van der Waals surface area contributed by atoms with Gasteiger partial charge in [-0.15, -0.1) is 0 Å². The third-order valence-electron chi connectivity index (χ3n) is 2.50. The van der Waals surface area contributed by atoms with Gasteiger partial charge in [-0.2, -0.15) is 5.10 Å². The zero-order valence-electron chi connectivity index (χ0n) is 9.33. The van der Waals surface area contributed by atoms with Crippen LogP contribution in [0.1, 0.15) is 18.9 Å². The molecule has 2 N–H and O–H groups in total. The van der Waals surface area contributed by atoms with Gasteiger partial charge in [0.2, 0.25) is 0 Å². The predicted molar refractivity (Wildman–Crippen MR) is 67.0 cm³/mol. The molecule has 5 heteroatoms. The van der Waals surface area contributed by atoms with Crippen molar-refractivity contribution in [1.82, 2.24) is 9.78 Å². The van der Waals surface area contributed by atoms with Crippen molar-refractivity contribution >= 4 is 21.7 Å². The molecular formula is C11H14BrN3O. The minimum Gasteiger partial charge on any atom is -0.448 e. The van der Waals surface area contributed by atoms with Crippen molar-refractivity contribution in [2.45, 2.75) is 19.8 Å². The number of furan rings is 1. The molecule has 0 aromatic carbocycles. The lowest BCUT2D eigenvalue weighted by molar-refractivity contribution is 0.551. The Morgan fingerprint density at radius 2 is 2.25 bits per heavy atom. The van der Waals surface area contributed by atoms with E-state index in [9.17, 15) is 0 Å². The number of nitrogens with two attached hydrogens (primary N) is 1. The molecule has 86 valence electrons. The minimum absolute atomic E-state index is 0.703. The number of anilines is 1. The van der Waals surface area contributed by atoms with Crippen LogP contribution in [0.2, 0.25) is 0 Å². The summed E-state index contributed by atoms with van der Waals surface area (Å²) < 4.78 is 7.90. The van der Waals surface area contributed by atoms with Crippen LogP contribution in [0.3, 0.4) is 0 Å². The summed E-state index contributed by atoms with van der Waals surface area (Å²) in [6, 6.07) is 3.75. The van der Waals surface area contributed by atoms with Crippen molar-refractivity contribution in [1.29, 1.82) is 0 Å². The summed E-state index contributed by atoms with van der Waals surface area (Å²) in [4.78, 5) is 0. The molecule has 2 aromatic rings. The number of nitrogen functional groups attached to an aromatic ring is 1. The van der Waals surface area contributed by atoms with Gasteiger partial charge in [-0.1, -0.05) is 13.3 Å². The van der Waals surface area contributed by atoms with Gasteiger partial charge in [-0.25, -0.2) is 0 Å². The summed E-state index contributed by atoms with van der Waals surface area (Å²) in [7, 11) is 1.84. The molecule has 0 spiro atoms. The van der Waals surface area contributed by atoms with Crippen molar-refractivity contribution in [2.24, 2.45) is 7.05 Å². The first kappa shape index (κ1) is 11.3. The predicted octanol–water partition coefficient (Wildman–Crippen LogP) is 2.98. The summed E-state index contributed by atoms with van der Waals surface area (Å²) in [5.74, 6) is 1.46. The second-order valence-corrected chi connectivity index (χ2v) is 4.47. The molecule has 0 bridgehead atoms. The third-order valence-corrected chi connectivity index (χ3v) is 2.93. The van der Waals surface area contributed by atoms with Gasteiger partial charge < -0.3 is 10.2 Å². The van der Waals surface area contributed by atoms with Gasteiger partial charge in [0.25, 0.3) is 0 Å². The van der Waals surface area contributed by atoms with Crippen LogP contribution in [0.25, 0.3) is 11.5 Å². The lowest BCUT2D eigenvalue weighted by Gasteiger charge is -1.99. The molecule has 0 fully saturated rings. The maximum atomic E-state index is 5.98. The fraction of sp³-hybridized carbons (Fsp3) is 0.364. The molecule has 0 atom stereocenters. The van der Waals surface area contributed by atoms with E-state index in [1.165, 1.54) is 0 Å². The Balaban J connectivity index is 2.51. The van der Waals surface area contributed by atoms with Crippen LogP contribution >= 0.6 is 15.9 Å². The standard InChI is InChI=1S/C11H14BrN3O/c1-3-4-7-10(14-15(2)11(7)13)8-5-6-9(12)16-8/h5-6H,3-4,13H2,1-2H3. The molecule has 2 rings (SSSR count). The number of halogens is 1. The number of aryl methyl sites for hydroxylation is 1. The van der Waals surface area contributed by atoms with Gasteiger partial charge >= 0.3 is 0 Å². The van der Waals surface area contributed by atoms with Crippen LogP contribution in [0, 0.1) is 0 Å². The fourth-order valence-corrected chi connectivity index (χ4v) is 2.02. The zero-order valence-corrected chi connectivity index (χ0v) is 10.9.